The number of methoxy groups -OCH3 is 1. The van der Waals surface area contributed by atoms with Gasteiger partial charge in [-0.05, 0) is 36.7 Å². The summed E-state index contributed by atoms with van der Waals surface area (Å²) in [4.78, 5) is 1.15. The summed E-state index contributed by atoms with van der Waals surface area (Å²) in [6.07, 6.45) is 1.83. The molecule has 21 heavy (non-hydrogen) atoms. The Morgan fingerprint density at radius 1 is 1.19 bits per heavy atom. The van der Waals surface area contributed by atoms with Gasteiger partial charge in [0.15, 0.2) is 0 Å². The van der Waals surface area contributed by atoms with Gasteiger partial charge in [-0.3, -0.25) is 0 Å². The first-order valence-corrected chi connectivity index (χ1v) is 7.61. The summed E-state index contributed by atoms with van der Waals surface area (Å²) in [6.45, 7) is 0. The molecule has 108 valence electrons. The van der Waals surface area contributed by atoms with E-state index in [4.69, 9.17) is 4.74 Å². The van der Waals surface area contributed by atoms with Gasteiger partial charge in [-0.15, -0.1) is 11.3 Å². The third-order valence-electron chi connectivity index (χ3n) is 3.40. The molecule has 0 bridgehead atoms. The minimum Gasteiger partial charge on any atom is -0.496 e. The Bertz CT molecular complexity index is 705. The summed E-state index contributed by atoms with van der Waals surface area (Å²) in [5, 5.41) is 9.87. The third kappa shape index (κ3) is 2.57. The van der Waals surface area contributed by atoms with E-state index in [0.29, 0.717) is 0 Å². The average molecular weight is 299 g/mol. The molecule has 2 heterocycles. The van der Waals surface area contributed by atoms with E-state index in [-0.39, 0.29) is 6.04 Å². The van der Waals surface area contributed by atoms with E-state index in [1.807, 2.05) is 53.6 Å². The maximum atomic E-state index is 5.45. The summed E-state index contributed by atoms with van der Waals surface area (Å²) in [6, 6.07) is 14.2. The van der Waals surface area contributed by atoms with Gasteiger partial charge < -0.3 is 10.1 Å². The second kappa shape index (κ2) is 6.11. The molecule has 0 amide bonds. The number of nitrogens with one attached hydrogen (secondary N) is 1. The second-order valence-electron chi connectivity index (χ2n) is 4.58. The molecule has 3 rings (SSSR count). The Balaban J connectivity index is 2.05. The fraction of sp³-hybridized carbons (Fsp3) is 0.188. The van der Waals surface area contributed by atoms with E-state index in [0.717, 1.165) is 22.0 Å². The van der Waals surface area contributed by atoms with Crippen LogP contribution in [0.4, 0.5) is 0 Å². The first-order valence-electron chi connectivity index (χ1n) is 6.73. The van der Waals surface area contributed by atoms with Crippen molar-refractivity contribution < 1.29 is 4.74 Å². The molecule has 4 nitrogen and oxygen atoms in total. The van der Waals surface area contributed by atoms with Gasteiger partial charge in [-0.1, -0.05) is 18.2 Å². The van der Waals surface area contributed by atoms with E-state index in [1.165, 1.54) is 0 Å². The van der Waals surface area contributed by atoms with Crippen molar-refractivity contribution in [2.75, 3.05) is 14.2 Å². The monoisotopic (exact) mass is 299 g/mol. The van der Waals surface area contributed by atoms with Crippen LogP contribution < -0.4 is 10.1 Å². The molecule has 0 saturated heterocycles. The van der Waals surface area contributed by atoms with Gasteiger partial charge >= 0.3 is 0 Å². The zero-order valence-electron chi connectivity index (χ0n) is 12.0. The van der Waals surface area contributed by atoms with Crippen LogP contribution in [0.3, 0.4) is 0 Å². The standard InChI is InChI=1S/C16H17N3OS/c1-17-15(16-14(20-2)9-11-21-16)13-8-10-18-19(13)12-6-4-3-5-7-12/h3-11,15,17H,1-2H3. The van der Waals surface area contributed by atoms with Gasteiger partial charge in [0.05, 0.1) is 29.4 Å². The lowest BCUT2D eigenvalue weighted by atomic mass is 10.1. The van der Waals surface area contributed by atoms with E-state index >= 15 is 0 Å². The number of nitrogens with zero attached hydrogens (tertiary/aromatic N) is 2. The molecule has 2 aromatic heterocycles. The van der Waals surface area contributed by atoms with Gasteiger partial charge in [-0.25, -0.2) is 4.68 Å². The molecular weight excluding hydrogens is 282 g/mol. The Kier molecular flexibility index (Phi) is 4.03. The Hall–Kier alpha value is -2.11. The number of thiophene rings is 1. The quantitative estimate of drug-likeness (QED) is 0.786. The lowest BCUT2D eigenvalue weighted by molar-refractivity contribution is 0.408. The van der Waals surface area contributed by atoms with Crippen LogP contribution >= 0.6 is 11.3 Å². The number of rotatable bonds is 5. The molecule has 5 heteroatoms. The lowest BCUT2D eigenvalue weighted by Gasteiger charge is -2.18. The summed E-state index contributed by atoms with van der Waals surface area (Å²) in [5.74, 6) is 0.903. The van der Waals surface area contributed by atoms with E-state index in [2.05, 4.69) is 22.5 Å². The van der Waals surface area contributed by atoms with Gasteiger partial charge in [0.25, 0.3) is 0 Å². The van der Waals surface area contributed by atoms with Gasteiger partial charge in [-0.2, -0.15) is 5.10 Å². The Morgan fingerprint density at radius 3 is 2.71 bits per heavy atom. The van der Waals surface area contributed by atoms with Crippen LogP contribution in [0.25, 0.3) is 5.69 Å². The predicted molar refractivity (Wildman–Crippen MR) is 85.3 cm³/mol. The molecule has 0 saturated carbocycles. The molecule has 1 aromatic carbocycles. The number of hydrogen-bond acceptors (Lipinski definition) is 4. The van der Waals surface area contributed by atoms with Crippen LogP contribution in [0.15, 0.2) is 54.0 Å². The highest BCUT2D eigenvalue weighted by Gasteiger charge is 2.22. The van der Waals surface area contributed by atoms with E-state index in [1.54, 1.807) is 18.4 Å². The van der Waals surface area contributed by atoms with Crippen molar-refractivity contribution in [3.8, 4) is 11.4 Å². The number of benzene rings is 1. The number of ether oxygens (including phenoxy) is 1. The minimum absolute atomic E-state index is 0.0441. The minimum atomic E-state index is 0.0441. The molecule has 0 aliphatic carbocycles. The normalized spacial score (nSPS) is 12.3. The number of aromatic nitrogens is 2. The zero-order chi connectivity index (χ0) is 14.7. The lowest BCUT2D eigenvalue weighted by Crippen LogP contribution is -2.20. The van der Waals surface area contributed by atoms with Crippen LogP contribution in [-0.4, -0.2) is 23.9 Å². The smallest absolute Gasteiger partial charge is 0.134 e. The van der Waals surface area contributed by atoms with E-state index in [9.17, 15) is 0 Å². The molecule has 1 N–H and O–H groups in total. The molecule has 0 aliphatic heterocycles. The highest BCUT2D eigenvalue weighted by Crippen LogP contribution is 2.35. The number of para-hydroxylation sites is 1. The molecular formula is C16H17N3OS. The van der Waals surface area contributed by atoms with Gasteiger partial charge in [0.2, 0.25) is 0 Å². The van der Waals surface area contributed by atoms with Crippen molar-refractivity contribution in [2.45, 2.75) is 6.04 Å². The van der Waals surface area contributed by atoms with Crippen LogP contribution in [0.1, 0.15) is 16.6 Å². The Labute approximate surface area is 128 Å². The fourth-order valence-electron chi connectivity index (χ4n) is 2.42. The number of hydrogen-bond donors (Lipinski definition) is 1. The maximum Gasteiger partial charge on any atom is 0.134 e. The van der Waals surface area contributed by atoms with Gasteiger partial charge in [0, 0.05) is 6.20 Å². The maximum absolute atomic E-state index is 5.45. The predicted octanol–water partition coefficient (Wildman–Crippen LogP) is 3.25. The largest absolute Gasteiger partial charge is 0.496 e. The van der Waals surface area contributed by atoms with Crippen molar-refractivity contribution in [3.63, 3.8) is 0 Å². The first-order chi connectivity index (χ1) is 10.3. The van der Waals surface area contributed by atoms with Crippen molar-refractivity contribution in [1.82, 2.24) is 15.1 Å². The third-order valence-corrected chi connectivity index (χ3v) is 4.36. The summed E-state index contributed by atoms with van der Waals surface area (Å²) in [7, 11) is 3.65. The van der Waals surface area contributed by atoms with Crippen molar-refractivity contribution in [2.24, 2.45) is 0 Å². The zero-order valence-corrected chi connectivity index (χ0v) is 12.8. The summed E-state index contributed by atoms with van der Waals surface area (Å²) < 4.78 is 7.41. The molecule has 0 aliphatic rings. The highest BCUT2D eigenvalue weighted by molar-refractivity contribution is 7.10. The van der Waals surface area contributed by atoms with Crippen molar-refractivity contribution >= 4 is 11.3 Å². The Morgan fingerprint density at radius 2 is 2.00 bits per heavy atom. The summed E-state index contributed by atoms with van der Waals surface area (Å²) >= 11 is 1.68. The van der Waals surface area contributed by atoms with Crippen molar-refractivity contribution in [1.29, 1.82) is 0 Å². The topological polar surface area (TPSA) is 39.1 Å². The molecule has 0 spiro atoms. The molecule has 0 fully saturated rings. The molecule has 1 unspecified atom stereocenters. The fourth-order valence-corrected chi connectivity index (χ4v) is 3.40. The van der Waals surface area contributed by atoms with Crippen molar-refractivity contribution in [3.05, 3.63) is 64.6 Å². The van der Waals surface area contributed by atoms with Crippen LogP contribution in [0, 0.1) is 0 Å². The molecule has 3 aromatic rings. The second-order valence-corrected chi connectivity index (χ2v) is 5.53. The van der Waals surface area contributed by atoms with Gasteiger partial charge in [0.1, 0.15) is 5.75 Å². The molecule has 0 radical (unpaired) electrons. The average Bonchev–Trinajstić information content (AvgIpc) is 3.18. The first kappa shape index (κ1) is 13.9. The molecule has 1 atom stereocenters. The highest BCUT2D eigenvalue weighted by atomic mass is 32.1. The van der Waals surface area contributed by atoms with Crippen LogP contribution in [0.5, 0.6) is 5.75 Å². The van der Waals surface area contributed by atoms with E-state index < -0.39 is 0 Å². The van der Waals surface area contributed by atoms with Crippen LogP contribution in [0.2, 0.25) is 0 Å². The SMILES string of the molecule is CNC(c1sccc1OC)c1ccnn1-c1ccccc1. The summed E-state index contributed by atoms with van der Waals surface area (Å²) in [5.41, 5.74) is 2.14. The van der Waals surface area contributed by atoms with Crippen LogP contribution in [-0.2, 0) is 0 Å².